The second-order valence-electron chi connectivity index (χ2n) is 7.97. The highest BCUT2D eigenvalue weighted by molar-refractivity contribution is 6.01. The largest absolute Gasteiger partial charge is 0.442 e. The van der Waals surface area contributed by atoms with E-state index in [9.17, 15) is 9.90 Å². The molecule has 0 bridgehead atoms. The average molecular weight is 433 g/mol. The third-order valence-electron chi connectivity index (χ3n) is 5.59. The molecule has 2 aliphatic heterocycles. The van der Waals surface area contributed by atoms with Crippen molar-refractivity contribution in [3.8, 4) is 11.1 Å². The molecule has 1 fully saturated rings. The van der Waals surface area contributed by atoms with Crippen LogP contribution >= 0.6 is 0 Å². The van der Waals surface area contributed by atoms with Gasteiger partial charge in [0.2, 0.25) is 0 Å². The first-order valence-electron chi connectivity index (χ1n) is 10.5. The number of ether oxygens (including phenoxy) is 1. The summed E-state index contributed by atoms with van der Waals surface area (Å²) in [6.07, 6.45) is 1.55. The van der Waals surface area contributed by atoms with Gasteiger partial charge in [-0.1, -0.05) is 46.8 Å². The SMILES string of the molecule is Cc1cn(C[C@H]2CN(c3ccc(-c4ccc(C5=NOC(CO)C5)cc4)cc3)C(=O)O2)nn1. The van der Waals surface area contributed by atoms with Crippen LogP contribution in [-0.4, -0.2) is 57.3 Å². The van der Waals surface area contributed by atoms with E-state index in [1.54, 1.807) is 9.58 Å². The van der Waals surface area contributed by atoms with Crippen LogP contribution in [0.15, 0.2) is 59.9 Å². The average Bonchev–Trinajstić information content (AvgIpc) is 3.54. The number of benzene rings is 2. The Kier molecular flexibility index (Phi) is 5.32. The Bertz CT molecular complexity index is 1140. The van der Waals surface area contributed by atoms with Crippen LogP contribution in [0.4, 0.5) is 10.5 Å². The second-order valence-corrected chi connectivity index (χ2v) is 7.97. The van der Waals surface area contributed by atoms with Gasteiger partial charge in [0.25, 0.3) is 0 Å². The summed E-state index contributed by atoms with van der Waals surface area (Å²) in [4.78, 5) is 19.2. The molecule has 2 atom stereocenters. The minimum absolute atomic E-state index is 0.0388. The normalized spacial score (nSPS) is 20.2. The first-order chi connectivity index (χ1) is 15.6. The predicted molar refractivity (Wildman–Crippen MR) is 117 cm³/mol. The van der Waals surface area contributed by atoms with Crippen LogP contribution in [0.2, 0.25) is 0 Å². The third-order valence-corrected chi connectivity index (χ3v) is 5.59. The van der Waals surface area contributed by atoms with Crippen molar-refractivity contribution >= 4 is 17.5 Å². The van der Waals surface area contributed by atoms with Crippen molar-refractivity contribution in [3.63, 3.8) is 0 Å². The van der Waals surface area contributed by atoms with Gasteiger partial charge in [-0.2, -0.15) is 0 Å². The molecule has 9 heteroatoms. The minimum Gasteiger partial charge on any atom is -0.442 e. The van der Waals surface area contributed by atoms with Gasteiger partial charge in [-0.25, -0.2) is 9.48 Å². The zero-order chi connectivity index (χ0) is 22.1. The molecule has 2 aromatic carbocycles. The van der Waals surface area contributed by atoms with Gasteiger partial charge in [-0.05, 0) is 35.7 Å². The maximum atomic E-state index is 12.4. The highest BCUT2D eigenvalue weighted by atomic mass is 16.6. The molecule has 0 spiro atoms. The first-order valence-corrected chi connectivity index (χ1v) is 10.5. The number of nitrogens with zero attached hydrogens (tertiary/aromatic N) is 5. The molecular formula is C23H23N5O4. The third kappa shape index (κ3) is 4.06. The van der Waals surface area contributed by atoms with E-state index in [0.717, 1.165) is 33.8 Å². The van der Waals surface area contributed by atoms with Gasteiger partial charge in [0, 0.05) is 18.3 Å². The fourth-order valence-corrected chi connectivity index (χ4v) is 3.91. The topological polar surface area (TPSA) is 102 Å². The highest BCUT2D eigenvalue weighted by Gasteiger charge is 2.32. The Balaban J connectivity index is 1.24. The number of anilines is 1. The van der Waals surface area contributed by atoms with E-state index < -0.39 is 0 Å². The summed E-state index contributed by atoms with van der Waals surface area (Å²) in [5.41, 5.74) is 5.54. The quantitative estimate of drug-likeness (QED) is 0.641. The summed E-state index contributed by atoms with van der Waals surface area (Å²) in [6, 6.07) is 15.9. The maximum Gasteiger partial charge on any atom is 0.414 e. The van der Waals surface area contributed by atoms with Gasteiger partial charge in [-0.15, -0.1) is 5.10 Å². The number of hydrogen-bond donors (Lipinski definition) is 1. The van der Waals surface area contributed by atoms with Crippen molar-refractivity contribution in [3.05, 3.63) is 66.0 Å². The molecular weight excluding hydrogens is 410 g/mol. The summed E-state index contributed by atoms with van der Waals surface area (Å²) in [6.45, 7) is 2.77. The fourth-order valence-electron chi connectivity index (χ4n) is 3.91. The number of aromatic nitrogens is 3. The van der Waals surface area contributed by atoms with E-state index in [0.29, 0.717) is 19.5 Å². The van der Waals surface area contributed by atoms with Gasteiger partial charge >= 0.3 is 6.09 Å². The summed E-state index contributed by atoms with van der Waals surface area (Å²) < 4.78 is 7.19. The number of cyclic esters (lactones) is 1. The van der Waals surface area contributed by atoms with Crippen molar-refractivity contribution in [2.45, 2.75) is 32.1 Å². The smallest absolute Gasteiger partial charge is 0.414 e. The van der Waals surface area contributed by atoms with Crippen LogP contribution in [0.1, 0.15) is 17.7 Å². The number of carbonyl (C=O) groups excluding carboxylic acids is 1. The number of amides is 1. The molecule has 1 N–H and O–H groups in total. The Labute approximate surface area is 184 Å². The van der Waals surface area contributed by atoms with Gasteiger partial charge in [0.1, 0.15) is 6.10 Å². The summed E-state index contributed by atoms with van der Waals surface area (Å²) in [7, 11) is 0. The number of rotatable bonds is 6. The summed E-state index contributed by atoms with van der Waals surface area (Å²) in [5, 5.41) is 21.2. The van der Waals surface area contributed by atoms with Gasteiger partial charge in [0.05, 0.1) is 31.1 Å². The van der Waals surface area contributed by atoms with Crippen LogP contribution < -0.4 is 4.90 Å². The molecule has 1 amide bonds. The standard InChI is InChI=1S/C23H23N5O4/c1-15-11-27(26-24-15)12-21-13-28(23(30)31-21)19-8-6-17(7-9-19)16-2-4-18(5-3-16)22-10-20(14-29)32-25-22/h2-9,11,20-21,29H,10,12-14H2,1H3/t20?,21-/m0/s1. The lowest BCUT2D eigenvalue weighted by Gasteiger charge is -2.14. The zero-order valence-electron chi connectivity index (χ0n) is 17.6. The number of oxime groups is 1. The molecule has 1 unspecified atom stereocenters. The Hall–Kier alpha value is -3.72. The predicted octanol–water partition coefficient (Wildman–Crippen LogP) is 2.76. The molecule has 3 aromatic rings. The highest BCUT2D eigenvalue weighted by Crippen LogP contribution is 2.27. The van der Waals surface area contributed by atoms with Crippen LogP contribution in [0.5, 0.6) is 0 Å². The van der Waals surface area contributed by atoms with E-state index in [1.807, 2.05) is 61.7 Å². The second kappa shape index (κ2) is 8.43. The molecule has 32 heavy (non-hydrogen) atoms. The van der Waals surface area contributed by atoms with Gasteiger partial charge in [-0.3, -0.25) is 4.90 Å². The Morgan fingerprint density at radius 3 is 2.34 bits per heavy atom. The molecule has 1 aromatic heterocycles. The van der Waals surface area contributed by atoms with Crippen LogP contribution in [-0.2, 0) is 16.1 Å². The molecule has 3 heterocycles. The Morgan fingerprint density at radius 2 is 1.72 bits per heavy atom. The number of hydrogen-bond acceptors (Lipinski definition) is 7. The molecule has 0 saturated carbocycles. The monoisotopic (exact) mass is 433 g/mol. The number of aryl methyl sites for hydroxylation is 1. The van der Waals surface area contributed by atoms with Crippen LogP contribution in [0.25, 0.3) is 11.1 Å². The lowest BCUT2D eigenvalue weighted by molar-refractivity contribution is 0.0390. The molecule has 5 rings (SSSR count). The zero-order valence-corrected chi connectivity index (χ0v) is 17.6. The lowest BCUT2D eigenvalue weighted by atomic mass is 10.00. The summed E-state index contributed by atoms with van der Waals surface area (Å²) in [5.74, 6) is 0. The Morgan fingerprint density at radius 1 is 1.03 bits per heavy atom. The summed E-state index contributed by atoms with van der Waals surface area (Å²) >= 11 is 0. The van der Waals surface area contributed by atoms with Crippen LogP contribution in [0, 0.1) is 6.92 Å². The number of carbonyl (C=O) groups is 1. The number of aliphatic hydroxyl groups is 1. The number of aliphatic hydroxyl groups excluding tert-OH is 1. The lowest BCUT2D eigenvalue weighted by Crippen LogP contribution is -2.26. The molecule has 0 aliphatic carbocycles. The molecule has 9 nitrogen and oxygen atoms in total. The van der Waals surface area contributed by atoms with E-state index >= 15 is 0 Å². The molecule has 1 saturated heterocycles. The van der Waals surface area contributed by atoms with Crippen molar-refractivity contribution in [1.82, 2.24) is 15.0 Å². The molecule has 0 radical (unpaired) electrons. The fraction of sp³-hybridized carbons (Fsp3) is 0.304. The maximum absolute atomic E-state index is 12.4. The van der Waals surface area contributed by atoms with E-state index in [2.05, 4.69) is 15.5 Å². The van der Waals surface area contributed by atoms with E-state index in [1.165, 1.54) is 0 Å². The van der Waals surface area contributed by atoms with Crippen LogP contribution in [0.3, 0.4) is 0 Å². The van der Waals surface area contributed by atoms with E-state index in [4.69, 9.17) is 9.57 Å². The molecule has 2 aliphatic rings. The van der Waals surface area contributed by atoms with Gasteiger partial charge in [0.15, 0.2) is 6.10 Å². The van der Waals surface area contributed by atoms with Crippen molar-refractivity contribution in [2.75, 3.05) is 18.1 Å². The molecule has 164 valence electrons. The van der Waals surface area contributed by atoms with Crippen molar-refractivity contribution < 1.29 is 19.5 Å². The van der Waals surface area contributed by atoms with E-state index in [-0.39, 0.29) is 24.9 Å². The first kappa shape index (κ1) is 20.2. The van der Waals surface area contributed by atoms with Crippen molar-refractivity contribution in [2.24, 2.45) is 5.16 Å². The minimum atomic E-state index is -0.357. The van der Waals surface area contributed by atoms with Crippen molar-refractivity contribution in [1.29, 1.82) is 0 Å². The van der Waals surface area contributed by atoms with Gasteiger partial charge < -0.3 is 14.7 Å².